The molecule has 9 heteroatoms. The molecule has 5 nitrogen and oxygen atoms in total. The third-order valence-electron chi connectivity index (χ3n) is 3.67. The second-order valence-corrected chi connectivity index (χ2v) is 7.38. The predicted molar refractivity (Wildman–Crippen MR) is 105 cm³/mol. The van der Waals surface area contributed by atoms with Crippen molar-refractivity contribution in [2.24, 2.45) is 0 Å². The lowest BCUT2D eigenvalue weighted by molar-refractivity contribution is -0.113. The van der Waals surface area contributed by atoms with Gasteiger partial charge in [0.2, 0.25) is 5.91 Å². The lowest BCUT2D eigenvalue weighted by atomic mass is 10.2. The van der Waals surface area contributed by atoms with Gasteiger partial charge in [-0.15, -0.1) is 10.2 Å². The van der Waals surface area contributed by atoms with Crippen molar-refractivity contribution in [3.63, 3.8) is 0 Å². The molecule has 1 aromatic heterocycles. The zero-order valence-electron chi connectivity index (χ0n) is 14.2. The average Bonchev–Trinajstić information content (AvgIpc) is 3.06. The van der Waals surface area contributed by atoms with E-state index in [-0.39, 0.29) is 23.2 Å². The van der Waals surface area contributed by atoms with E-state index in [0.717, 1.165) is 5.56 Å². The van der Waals surface area contributed by atoms with Crippen LogP contribution in [0.15, 0.2) is 52.1 Å². The molecule has 0 unspecified atom stereocenters. The molecule has 1 N–H and O–H groups in total. The van der Waals surface area contributed by atoms with E-state index in [4.69, 9.17) is 0 Å². The van der Waals surface area contributed by atoms with E-state index in [0.29, 0.717) is 22.0 Å². The highest BCUT2D eigenvalue weighted by molar-refractivity contribution is 9.10. The van der Waals surface area contributed by atoms with Gasteiger partial charge in [0.05, 0.1) is 11.4 Å². The van der Waals surface area contributed by atoms with Crippen molar-refractivity contribution in [2.45, 2.75) is 18.6 Å². The smallest absolute Gasteiger partial charge is 0.234 e. The summed E-state index contributed by atoms with van der Waals surface area (Å²) in [5, 5.41) is 11.4. The molecular weight excluding hydrogens is 438 g/mol. The van der Waals surface area contributed by atoms with Crippen molar-refractivity contribution >= 4 is 39.3 Å². The van der Waals surface area contributed by atoms with Crippen LogP contribution in [-0.4, -0.2) is 26.4 Å². The molecule has 0 saturated heterocycles. The first-order chi connectivity index (χ1) is 13.0. The van der Waals surface area contributed by atoms with E-state index in [1.165, 1.54) is 36.0 Å². The fourth-order valence-corrected chi connectivity index (χ4v) is 3.54. The Kier molecular flexibility index (Phi) is 6.22. The van der Waals surface area contributed by atoms with Crippen molar-refractivity contribution in [3.05, 3.63) is 58.6 Å². The molecule has 140 valence electrons. The maximum Gasteiger partial charge on any atom is 0.234 e. The summed E-state index contributed by atoms with van der Waals surface area (Å²) in [4.78, 5) is 12.1. The van der Waals surface area contributed by atoms with Crippen LogP contribution in [0.5, 0.6) is 0 Å². The number of nitrogens with zero attached hydrogens (tertiary/aromatic N) is 3. The van der Waals surface area contributed by atoms with Gasteiger partial charge in [-0.25, -0.2) is 8.78 Å². The van der Waals surface area contributed by atoms with Gasteiger partial charge in [-0.3, -0.25) is 4.79 Å². The molecule has 3 aromatic rings. The monoisotopic (exact) mass is 452 g/mol. The Balaban J connectivity index is 1.69. The Morgan fingerprint density at radius 1 is 1.19 bits per heavy atom. The molecule has 0 bridgehead atoms. The first kappa shape index (κ1) is 19.5. The number of carbonyl (C=O) groups excluding carboxylic acids is 1. The number of halogens is 3. The number of carbonyl (C=O) groups is 1. The molecule has 0 spiro atoms. The lowest BCUT2D eigenvalue weighted by Crippen LogP contribution is -2.15. The van der Waals surface area contributed by atoms with Crippen molar-refractivity contribution in [1.29, 1.82) is 0 Å². The predicted octanol–water partition coefficient (Wildman–Crippen LogP) is 4.74. The van der Waals surface area contributed by atoms with Gasteiger partial charge in [0.1, 0.15) is 11.6 Å². The molecule has 0 fully saturated rings. The third kappa shape index (κ3) is 4.72. The van der Waals surface area contributed by atoms with Crippen molar-refractivity contribution < 1.29 is 13.6 Å². The van der Waals surface area contributed by atoms with Crippen LogP contribution in [-0.2, 0) is 11.3 Å². The Bertz CT molecular complexity index is 962. The number of rotatable bonds is 6. The number of hydrogen-bond donors (Lipinski definition) is 1. The fourth-order valence-electron chi connectivity index (χ4n) is 2.40. The summed E-state index contributed by atoms with van der Waals surface area (Å²) in [6.45, 7) is 2.52. The van der Waals surface area contributed by atoms with Gasteiger partial charge >= 0.3 is 0 Å². The van der Waals surface area contributed by atoms with Gasteiger partial charge in [0.15, 0.2) is 11.0 Å². The Labute approximate surface area is 167 Å². The van der Waals surface area contributed by atoms with Gasteiger partial charge in [-0.2, -0.15) is 0 Å². The molecule has 3 rings (SSSR count). The maximum absolute atomic E-state index is 13.8. The molecule has 0 aliphatic rings. The summed E-state index contributed by atoms with van der Waals surface area (Å²) in [6.07, 6.45) is 0. The van der Waals surface area contributed by atoms with Crippen LogP contribution in [0.3, 0.4) is 0 Å². The first-order valence-electron chi connectivity index (χ1n) is 8.04. The summed E-state index contributed by atoms with van der Waals surface area (Å²) < 4.78 is 29.3. The van der Waals surface area contributed by atoms with Crippen molar-refractivity contribution in [1.82, 2.24) is 14.8 Å². The highest BCUT2D eigenvalue weighted by Crippen LogP contribution is 2.25. The highest BCUT2D eigenvalue weighted by Gasteiger charge is 2.15. The van der Waals surface area contributed by atoms with Crippen LogP contribution in [0, 0.1) is 11.6 Å². The van der Waals surface area contributed by atoms with E-state index in [9.17, 15) is 13.6 Å². The summed E-state index contributed by atoms with van der Waals surface area (Å²) in [5.74, 6) is -0.544. The normalized spacial score (nSPS) is 10.8. The molecule has 1 heterocycles. The summed E-state index contributed by atoms with van der Waals surface area (Å²) in [7, 11) is 0. The first-order valence-corrected chi connectivity index (χ1v) is 9.82. The number of anilines is 1. The molecule has 0 saturated carbocycles. The minimum atomic E-state index is -0.516. The van der Waals surface area contributed by atoms with E-state index in [2.05, 4.69) is 31.4 Å². The van der Waals surface area contributed by atoms with E-state index >= 15 is 0 Å². The fraction of sp³-hybridized carbons (Fsp3) is 0.167. The zero-order chi connectivity index (χ0) is 19.4. The maximum atomic E-state index is 13.8. The molecule has 0 radical (unpaired) electrons. The van der Waals surface area contributed by atoms with E-state index < -0.39 is 5.82 Å². The van der Waals surface area contributed by atoms with Crippen molar-refractivity contribution in [3.8, 4) is 11.4 Å². The van der Waals surface area contributed by atoms with Crippen LogP contribution in [0.25, 0.3) is 11.4 Å². The quantitative estimate of drug-likeness (QED) is 0.548. The third-order valence-corrected chi connectivity index (χ3v) is 5.13. The van der Waals surface area contributed by atoms with Crippen LogP contribution >= 0.6 is 27.7 Å². The second kappa shape index (κ2) is 8.62. The van der Waals surface area contributed by atoms with Crippen LogP contribution in [0.1, 0.15) is 6.92 Å². The minimum Gasteiger partial charge on any atom is -0.323 e. The van der Waals surface area contributed by atoms with Crippen LogP contribution in [0.2, 0.25) is 0 Å². The van der Waals surface area contributed by atoms with Gasteiger partial charge in [0, 0.05) is 16.6 Å². The Morgan fingerprint density at radius 3 is 2.59 bits per heavy atom. The molecule has 0 aliphatic heterocycles. The number of nitrogens with one attached hydrogen (secondary N) is 1. The Morgan fingerprint density at radius 2 is 1.93 bits per heavy atom. The van der Waals surface area contributed by atoms with Crippen LogP contribution < -0.4 is 5.32 Å². The van der Waals surface area contributed by atoms with Gasteiger partial charge in [-0.05, 0) is 49.4 Å². The number of thioether (sulfide) groups is 1. The standard InChI is InChI=1S/C18H15BrF2N4OS/c1-2-25-17(11-3-6-13(20)7-4-11)23-24-18(25)27-10-16(26)22-15-8-5-12(19)9-14(15)21/h3-9H,2,10H2,1H3,(H,22,26). The largest absolute Gasteiger partial charge is 0.323 e. The topological polar surface area (TPSA) is 59.8 Å². The van der Waals surface area contributed by atoms with E-state index in [1.54, 1.807) is 18.2 Å². The number of benzene rings is 2. The van der Waals surface area contributed by atoms with Gasteiger partial charge < -0.3 is 9.88 Å². The molecule has 0 atom stereocenters. The summed E-state index contributed by atoms with van der Waals surface area (Å²) in [5.41, 5.74) is 0.853. The van der Waals surface area contributed by atoms with Crippen molar-refractivity contribution in [2.75, 3.05) is 11.1 Å². The average molecular weight is 453 g/mol. The molecular formula is C18H15BrF2N4OS. The molecule has 27 heavy (non-hydrogen) atoms. The number of hydrogen-bond acceptors (Lipinski definition) is 4. The van der Waals surface area contributed by atoms with E-state index in [1.807, 2.05) is 11.5 Å². The minimum absolute atomic E-state index is 0.0526. The summed E-state index contributed by atoms with van der Waals surface area (Å²) >= 11 is 4.37. The summed E-state index contributed by atoms with van der Waals surface area (Å²) in [6, 6.07) is 10.4. The molecule has 2 aromatic carbocycles. The Hall–Kier alpha value is -2.26. The lowest BCUT2D eigenvalue weighted by Gasteiger charge is -2.08. The zero-order valence-corrected chi connectivity index (χ0v) is 16.7. The molecule has 1 amide bonds. The van der Waals surface area contributed by atoms with Gasteiger partial charge in [-0.1, -0.05) is 27.7 Å². The van der Waals surface area contributed by atoms with Gasteiger partial charge in [0.25, 0.3) is 0 Å². The number of amides is 1. The number of aromatic nitrogens is 3. The van der Waals surface area contributed by atoms with Crippen LogP contribution in [0.4, 0.5) is 14.5 Å². The molecule has 0 aliphatic carbocycles. The highest BCUT2D eigenvalue weighted by atomic mass is 79.9. The SMILES string of the molecule is CCn1c(SCC(=O)Nc2ccc(Br)cc2F)nnc1-c1ccc(F)cc1. The second-order valence-electron chi connectivity index (χ2n) is 5.52.